The van der Waals surface area contributed by atoms with Crippen LogP contribution in [0.25, 0.3) is 5.69 Å². The van der Waals surface area contributed by atoms with Crippen molar-refractivity contribution in [3.8, 4) is 11.4 Å². The molecule has 1 aromatic heterocycles. The first-order valence-corrected chi connectivity index (χ1v) is 10.0. The van der Waals surface area contributed by atoms with Crippen LogP contribution in [0.3, 0.4) is 0 Å². The summed E-state index contributed by atoms with van der Waals surface area (Å²) in [7, 11) is 0. The highest BCUT2D eigenvalue weighted by molar-refractivity contribution is 9.10. The third-order valence-corrected chi connectivity index (χ3v) is 6.04. The Bertz CT molecular complexity index is 1060. The van der Waals surface area contributed by atoms with Crippen LogP contribution in [0.2, 0.25) is 0 Å². The molecule has 2 aromatic carbocycles. The molecule has 3 nitrogen and oxygen atoms in total. The zero-order chi connectivity index (χ0) is 18.8. The lowest BCUT2D eigenvalue weighted by molar-refractivity contribution is 0.0911. The number of nitrogens with zero attached hydrogens (tertiary/aromatic N) is 1. The number of fused-ring (bicyclic) bond motifs is 5. The molecule has 5 rings (SSSR count). The van der Waals surface area contributed by atoms with E-state index in [1.54, 1.807) is 0 Å². The minimum Gasteiger partial charge on any atom is -0.477 e. The molecule has 0 fully saturated rings. The monoisotopic (exact) mass is 421 g/mol. The van der Waals surface area contributed by atoms with Crippen molar-refractivity contribution in [3.63, 3.8) is 0 Å². The number of rotatable bonds is 1. The van der Waals surface area contributed by atoms with Gasteiger partial charge >= 0.3 is 0 Å². The van der Waals surface area contributed by atoms with E-state index in [1.807, 2.05) is 30.3 Å². The van der Waals surface area contributed by atoms with Crippen LogP contribution < -0.4 is 4.74 Å². The summed E-state index contributed by atoms with van der Waals surface area (Å²) in [4.78, 5) is 12.9. The Balaban J connectivity index is 1.76. The third-order valence-electron chi connectivity index (χ3n) is 5.51. The number of halogens is 1. The Morgan fingerprint density at radius 1 is 1.07 bits per heavy atom. The van der Waals surface area contributed by atoms with Crippen molar-refractivity contribution >= 4 is 21.7 Å². The maximum absolute atomic E-state index is 12.9. The fourth-order valence-electron chi connectivity index (χ4n) is 4.32. The van der Waals surface area contributed by atoms with Crippen LogP contribution in [-0.2, 0) is 6.42 Å². The molecule has 0 radical (unpaired) electrons. The molecular weight excluding hydrogens is 402 g/mol. The summed E-state index contributed by atoms with van der Waals surface area (Å²) < 4.78 is 9.70. The number of ketones is 1. The number of aromatic nitrogens is 1. The number of hydrogen-bond acceptors (Lipinski definition) is 2. The molecule has 0 saturated carbocycles. The predicted octanol–water partition coefficient (Wildman–Crippen LogP) is 5.88. The summed E-state index contributed by atoms with van der Waals surface area (Å²) in [5.41, 5.74) is 5.07. The Morgan fingerprint density at radius 2 is 1.81 bits per heavy atom. The summed E-state index contributed by atoms with van der Waals surface area (Å²) >= 11 is 3.50. The molecule has 0 amide bonds. The molecule has 0 spiro atoms. The van der Waals surface area contributed by atoms with Crippen molar-refractivity contribution < 1.29 is 9.53 Å². The van der Waals surface area contributed by atoms with Crippen molar-refractivity contribution in [2.45, 2.75) is 32.8 Å². The molecule has 1 unspecified atom stereocenters. The summed E-state index contributed by atoms with van der Waals surface area (Å²) in [5, 5.41) is 0. The van der Waals surface area contributed by atoms with Gasteiger partial charge in [-0.1, -0.05) is 54.0 Å². The highest BCUT2D eigenvalue weighted by atomic mass is 79.9. The normalized spacial score (nSPS) is 19.7. The molecular formula is C23H20BrNO2. The molecule has 4 heteroatoms. The molecule has 136 valence electrons. The smallest absolute Gasteiger partial charge is 0.165 e. The van der Waals surface area contributed by atoms with Gasteiger partial charge in [-0.2, -0.15) is 0 Å². The van der Waals surface area contributed by atoms with Crippen LogP contribution in [0.5, 0.6) is 5.75 Å². The van der Waals surface area contributed by atoms with Gasteiger partial charge in [-0.15, -0.1) is 0 Å². The van der Waals surface area contributed by atoms with Crippen molar-refractivity contribution in [2.75, 3.05) is 0 Å². The van der Waals surface area contributed by atoms with Crippen LogP contribution >= 0.6 is 15.9 Å². The maximum Gasteiger partial charge on any atom is 0.165 e. The van der Waals surface area contributed by atoms with Crippen LogP contribution in [-0.4, -0.2) is 10.4 Å². The average molecular weight is 422 g/mol. The van der Waals surface area contributed by atoms with E-state index in [-0.39, 0.29) is 17.3 Å². The first kappa shape index (κ1) is 16.8. The second-order valence-electron chi connectivity index (χ2n) is 8.22. The lowest BCUT2D eigenvalue weighted by atomic mass is 9.76. The van der Waals surface area contributed by atoms with Crippen LogP contribution in [0.4, 0.5) is 0 Å². The zero-order valence-electron chi connectivity index (χ0n) is 15.3. The summed E-state index contributed by atoms with van der Waals surface area (Å²) in [6, 6.07) is 18.4. The Labute approximate surface area is 167 Å². The van der Waals surface area contributed by atoms with Gasteiger partial charge in [-0.25, -0.2) is 0 Å². The zero-order valence-corrected chi connectivity index (χ0v) is 16.9. The molecule has 0 bridgehead atoms. The highest BCUT2D eigenvalue weighted by Crippen LogP contribution is 2.45. The summed E-state index contributed by atoms with van der Waals surface area (Å²) in [6.07, 6.45) is 1.25. The number of Topliss-reactive ketones (excluding diaryl/α,β-unsaturated/α-hetero) is 1. The third kappa shape index (κ3) is 2.66. The number of benzene rings is 2. The van der Waals surface area contributed by atoms with Gasteiger partial charge in [0.05, 0.1) is 11.4 Å². The van der Waals surface area contributed by atoms with Gasteiger partial charge in [-0.3, -0.25) is 4.79 Å². The minimum atomic E-state index is -0.227. The minimum absolute atomic E-state index is 0.0282. The van der Waals surface area contributed by atoms with Crippen molar-refractivity contribution in [2.24, 2.45) is 5.41 Å². The second kappa shape index (κ2) is 5.83. The van der Waals surface area contributed by atoms with E-state index in [0.717, 1.165) is 44.8 Å². The lowest BCUT2D eigenvalue weighted by Crippen LogP contribution is -2.28. The van der Waals surface area contributed by atoms with E-state index in [1.165, 1.54) is 0 Å². The topological polar surface area (TPSA) is 31.2 Å². The largest absolute Gasteiger partial charge is 0.477 e. The number of carbonyl (C=O) groups is 1. The first-order valence-electron chi connectivity index (χ1n) is 9.22. The van der Waals surface area contributed by atoms with Gasteiger partial charge in [0.1, 0.15) is 5.75 Å². The van der Waals surface area contributed by atoms with Gasteiger partial charge in [0, 0.05) is 22.2 Å². The van der Waals surface area contributed by atoms with Crippen LogP contribution in [0.1, 0.15) is 53.7 Å². The number of ether oxygens (including phenoxy) is 1. The fraction of sp³-hybridized carbons (Fsp3) is 0.261. The van der Waals surface area contributed by atoms with E-state index in [2.05, 4.69) is 58.6 Å². The number of hydrogen-bond donors (Lipinski definition) is 0. The lowest BCUT2D eigenvalue weighted by Gasteiger charge is -2.33. The van der Waals surface area contributed by atoms with Crippen molar-refractivity contribution in [1.29, 1.82) is 0 Å². The Kier molecular flexibility index (Phi) is 3.63. The highest BCUT2D eigenvalue weighted by Gasteiger charge is 2.38. The van der Waals surface area contributed by atoms with E-state index < -0.39 is 0 Å². The van der Waals surface area contributed by atoms with Gasteiger partial charge in [-0.05, 0) is 47.7 Å². The maximum atomic E-state index is 12.9. The van der Waals surface area contributed by atoms with Crippen LogP contribution in [0, 0.1) is 5.41 Å². The van der Waals surface area contributed by atoms with E-state index in [0.29, 0.717) is 6.42 Å². The number of para-hydroxylation sites is 2. The summed E-state index contributed by atoms with van der Waals surface area (Å²) in [5.74, 6) is 1.09. The van der Waals surface area contributed by atoms with E-state index in [9.17, 15) is 4.79 Å². The fourth-order valence-corrected chi connectivity index (χ4v) is 4.58. The Hall–Kier alpha value is -2.33. The molecule has 0 saturated heterocycles. The quantitative estimate of drug-likeness (QED) is 0.491. The second-order valence-corrected chi connectivity index (χ2v) is 9.14. The van der Waals surface area contributed by atoms with Crippen molar-refractivity contribution in [3.05, 3.63) is 81.6 Å². The Morgan fingerprint density at radius 3 is 2.59 bits per heavy atom. The molecule has 3 aromatic rings. The van der Waals surface area contributed by atoms with Gasteiger partial charge < -0.3 is 9.30 Å². The molecule has 1 aliphatic carbocycles. The molecule has 2 aliphatic rings. The molecule has 2 heterocycles. The first-order chi connectivity index (χ1) is 12.9. The standard InChI is InChI=1S/C23H20BrNO2/c1-23(2)12-19-16(20(26)13-23)11-18-22(14-7-9-15(24)10-8-14)27-21-6-4-3-5-17(21)25(18)19/h3-11,22H,12-13H2,1-2H3. The van der Waals surface area contributed by atoms with E-state index >= 15 is 0 Å². The van der Waals surface area contributed by atoms with Crippen LogP contribution in [0.15, 0.2) is 59.1 Å². The summed E-state index contributed by atoms with van der Waals surface area (Å²) in [6.45, 7) is 4.34. The SMILES string of the molecule is CC1(C)CC(=O)c2cc3n(c2C1)-c1ccccc1OC3c1ccc(Br)cc1. The molecule has 1 atom stereocenters. The molecule has 27 heavy (non-hydrogen) atoms. The number of carbonyl (C=O) groups excluding carboxylic acids is 1. The average Bonchev–Trinajstić information content (AvgIpc) is 3.01. The predicted molar refractivity (Wildman–Crippen MR) is 109 cm³/mol. The van der Waals surface area contributed by atoms with Gasteiger partial charge in [0.15, 0.2) is 11.9 Å². The molecule has 1 aliphatic heterocycles. The molecule has 0 N–H and O–H groups in total. The van der Waals surface area contributed by atoms with E-state index in [4.69, 9.17) is 4.74 Å². The van der Waals surface area contributed by atoms with Gasteiger partial charge in [0.25, 0.3) is 0 Å². The van der Waals surface area contributed by atoms with Crippen molar-refractivity contribution in [1.82, 2.24) is 4.57 Å². The van der Waals surface area contributed by atoms with Gasteiger partial charge in [0.2, 0.25) is 0 Å².